The second-order valence-electron chi connectivity index (χ2n) is 3.95. The van der Waals surface area contributed by atoms with Crippen molar-refractivity contribution < 1.29 is 0 Å². The van der Waals surface area contributed by atoms with Crippen LogP contribution in [0.2, 0.25) is 0 Å². The number of para-hydroxylation sites is 1. The molecule has 19 heavy (non-hydrogen) atoms. The van der Waals surface area contributed by atoms with E-state index in [1.165, 1.54) is 11.1 Å². The van der Waals surface area contributed by atoms with Gasteiger partial charge >= 0.3 is 0 Å². The SMILES string of the molecule is C/C=C(\C=C/NC)C(/C=C\Nc1ccccc1)=C/C. The Morgan fingerprint density at radius 2 is 1.47 bits per heavy atom. The molecule has 2 N–H and O–H groups in total. The van der Waals surface area contributed by atoms with Gasteiger partial charge in [-0.15, -0.1) is 0 Å². The molecule has 0 aliphatic heterocycles. The van der Waals surface area contributed by atoms with Gasteiger partial charge < -0.3 is 10.6 Å². The normalized spacial score (nSPS) is 13.2. The molecule has 1 aromatic rings. The van der Waals surface area contributed by atoms with Crippen molar-refractivity contribution in [3.05, 3.63) is 78.2 Å². The maximum absolute atomic E-state index is 3.26. The van der Waals surface area contributed by atoms with Crippen molar-refractivity contribution >= 4 is 5.69 Å². The van der Waals surface area contributed by atoms with Gasteiger partial charge in [0.25, 0.3) is 0 Å². The van der Waals surface area contributed by atoms with Crippen molar-refractivity contribution in [3.8, 4) is 0 Å². The fourth-order valence-electron chi connectivity index (χ4n) is 1.65. The molecule has 0 aliphatic rings. The number of benzene rings is 1. The van der Waals surface area contributed by atoms with Crippen LogP contribution in [0.15, 0.2) is 78.2 Å². The Morgan fingerprint density at radius 3 is 2.00 bits per heavy atom. The molecule has 0 saturated heterocycles. The number of hydrogen-bond acceptors (Lipinski definition) is 2. The predicted octanol–water partition coefficient (Wildman–Crippen LogP) is 4.24. The van der Waals surface area contributed by atoms with Gasteiger partial charge in [0.15, 0.2) is 0 Å². The minimum Gasteiger partial charge on any atom is -0.394 e. The molecule has 0 bridgehead atoms. The summed E-state index contributed by atoms with van der Waals surface area (Å²) >= 11 is 0. The van der Waals surface area contributed by atoms with Crippen LogP contribution in [0.3, 0.4) is 0 Å². The van der Waals surface area contributed by atoms with Crippen molar-refractivity contribution in [1.29, 1.82) is 0 Å². The summed E-state index contributed by atoms with van der Waals surface area (Å²) in [6.45, 7) is 4.08. The van der Waals surface area contributed by atoms with E-state index in [-0.39, 0.29) is 0 Å². The molecule has 0 heterocycles. The minimum atomic E-state index is 1.09. The molecular weight excluding hydrogens is 232 g/mol. The van der Waals surface area contributed by atoms with Crippen molar-refractivity contribution in [1.82, 2.24) is 5.32 Å². The summed E-state index contributed by atoms with van der Waals surface area (Å²) in [6.07, 6.45) is 12.2. The zero-order chi connectivity index (χ0) is 13.9. The minimum absolute atomic E-state index is 1.09. The van der Waals surface area contributed by atoms with E-state index in [4.69, 9.17) is 0 Å². The van der Waals surface area contributed by atoms with Gasteiger partial charge in [-0.3, -0.25) is 0 Å². The van der Waals surface area contributed by atoms with Gasteiger partial charge in [-0.25, -0.2) is 0 Å². The second kappa shape index (κ2) is 8.81. The molecule has 0 atom stereocenters. The van der Waals surface area contributed by atoms with Crippen LogP contribution in [0.4, 0.5) is 5.69 Å². The van der Waals surface area contributed by atoms with Gasteiger partial charge in [0.1, 0.15) is 0 Å². The lowest BCUT2D eigenvalue weighted by Gasteiger charge is -2.04. The number of anilines is 1. The van der Waals surface area contributed by atoms with E-state index in [1.807, 2.05) is 63.6 Å². The van der Waals surface area contributed by atoms with Crippen molar-refractivity contribution in [2.24, 2.45) is 0 Å². The molecule has 1 aromatic carbocycles. The third kappa shape index (κ3) is 5.30. The monoisotopic (exact) mass is 254 g/mol. The molecule has 0 fully saturated rings. The van der Waals surface area contributed by atoms with E-state index >= 15 is 0 Å². The van der Waals surface area contributed by atoms with E-state index in [0.717, 1.165) is 5.69 Å². The van der Waals surface area contributed by atoms with E-state index in [2.05, 4.69) is 34.9 Å². The maximum Gasteiger partial charge on any atom is 0.0379 e. The Labute approximate surface area is 116 Å². The van der Waals surface area contributed by atoms with E-state index in [0.29, 0.717) is 0 Å². The van der Waals surface area contributed by atoms with Crippen LogP contribution in [0.25, 0.3) is 0 Å². The first-order valence-corrected chi connectivity index (χ1v) is 6.46. The third-order valence-corrected chi connectivity index (χ3v) is 2.67. The molecule has 0 radical (unpaired) electrons. The van der Waals surface area contributed by atoms with Crippen molar-refractivity contribution in [3.63, 3.8) is 0 Å². The molecule has 0 aromatic heterocycles. The van der Waals surface area contributed by atoms with Gasteiger partial charge in [-0.1, -0.05) is 30.4 Å². The van der Waals surface area contributed by atoms with Gasteiger partial charge in [0.05, 0.1) is 0 Å². The van der Waals surface area contributed by atoms with Gasteiger partial charge in [0, 0.05) is 18.9 Å². The fourth-order valence-corrected chi connectivity index (χ4v) is 1.65. The molecule has 0 spiro atoms. The van der Waals surface area contributed by atoms with Crippen molar-refractivity contribution in [2.45, 2.75) is 13.8 Å². The number of hydrogen-bond donors (Lipinski definition) is 2. The first-order chi connectivity index (χ1) is 9.31. The summed E-state index contributed by atoms with van der Waals surface area (Å²) in [7, 11) is 1.89. The van der Waals surface area contributed by atoms with Crippen LogP contribution >= 0.6 is 0 Å². The Morgan fingerprint density at radius 1 is 0.895 bits per heavy atom. The first kappa shape index (κ1) is 14.8. The molecule has 2 heteroatoms. The largest absolute Gasteiger partial charge is 0.394 e. The summed E-state index contributed by atoms with van der Waals surface area (Å²) in [5.41, 5.74) is 3.45. The molecule has 0 saturated carbocycles. The lowest BCUT2D eigenvalue weighted by molar-refractivity contribution is 1.10. The van der Waals surface area contributed by atoms with Crippen LogP contribution in [0.1, 0.15) is 13.8 Å². The summed E-state index contributed by atoms with van der Waals surface area (Å²) in [5, 5.41) is 6.26. The average molecular weight is 254 g/mol. The highest BCUT2D eigenvalue weighted by Crippen LogP contribution is 2.13. The lowest BCUT2D eigenvalue weighted by atomic mass is 10.1. The highest BCUT2D eigenvalue weighted by Gasteiger charge is 1.95. The zero-order valence-electron chi connectivity index (χ0n) is 11.9. The molecular formula is C17H22N2. The number of allylic oxidation sites excluding steroid dienone is 6. The van der Waals surface area contributed by atoms with Gasteiger partial charge in [-0.05, 0) is 55.5 Å². The smallest absolute Gasteiger partial charge is 0.0379 e. The van der Waals surface area contributed by atoms with Crippen LogP contribution < -0.4 is 10.6 Å². The molecule has 1 rings (SSSR count). The predicted molar refractivity (Wildman–Crippen MR) is 84.9 cm³/mol. The summed E-state index contributed by atoms with van der Waals surface area (Å²) < 4.78 is 0. The Balaban J connectivity index is 2.69. The quantitative estimate of drug-likeness (QED) is 0.742. The molecule has 0 unspecified atom stereocenters. The molecule has 0 aliphatic carbocycles. The van der Waals surface area contributed by atoms with E-state index < -0.39 is 0 Å². The average Bonchev–Trinajstić information content (AvgIpc) is 2.47. The molecule has 100 valence electrons. The van der Waals surface area contributed by atoms with Gasteiger partial charge in [-0.2, -0.15) is 0 Å². The van der Waals surface area contributed by atoms with Crippen LogP contribution in [-0.2, 0) is 0 Å². The van der Waals surface area contributed by atoms with Crippen LogP contribution in [0, 0.1) is 0 Å². The maximum atomic E-state index is 3.26. The number of nitrogens with one attached hydrogen (secondary N) is 2. The first-order valence-electron chi connectivity index (χ1n) is 6.46. The number of rotatable bonds is 6. The van der Waals surface area contributed by atoms with Gasteiger partial charge in [0.2, 0.25) is 0 Å². The lowest BCUT2D eigenvalue weighted by Crippen LogP contribution is -1.93. The Kier molecular flexibility index (Phi) is 6.88. The molecule has 0 amide bonds. The fraction of sp³-hybridized carbons (Fsp3) is 0.176. The highest BCUT2D eigenvalue weighted by atomic mass is 14.8. The Hall–Kier alpha value is -2.22. The zero-order valence-corrected chi connectivity index (χ0v) is 11.9. The standard InChI is InChI=1S/C17H22N2/c1-4-15(11-13-18-3)16(5-2)12-14-19-17-9-7-6-8-10-17/h4-14,18-19H,1-3H3/b13-11-,14-12-,15-4+,16-5+. The highest BCUT2D eigenvalue weighted by molar-refractivity contribution is 5.49. The van der Waals surface area contributed by atoms with Crippen LogP contribution in [-0.4, -0.2) is 7.05 Å². The second-order valence-corrected chi connectivity index (χ2v) is 3.95. The topological polar surface area (TPSA) is 24.1 Å². The summed E-state index contributed by atoms with van der Waals surface area (Å²) in [5.74, 6) is 0. The van der Waals surface area contributed by atoms with Crippen molar-refractivity contribution in [2.75, 3.05) is 12.4 Å². The third-order valence-electron chi connectivity index (χ3n) is 2.67. The molecule has 2 nitrogen and oxygen atoms in total. The van der Waals surface area contributed by atoms with Crippen LogP contribution in [0.5, 0.6) is 0 Å². The van der Waals surface area contributed by atoms with E-state index in [9.17, 15) is 0 Å². The summed E-state index contributed by atoms with van der Waals surface area (Å²) in [4.78, 5) is 0. The van der Waals surface area contributed by atoms with E-state index in [1.54, 1.807) is 0 Å². The Bertz CT molecular complexity index is 479. The summed E-state index contributed by atoms with van der Waals surface area (Å²) in [6, 6.07) is 10.1.